The third kappa shape index (κ3) is 7.96. The van der Waals surface area contributed by atoms with Gasteiger partial charge in [0.25, 0.3) is 0 Å². The zero-order valence-corrected chi connectivity index (χ0v) is 6.39. The van der Waals surface area contributed by atoms with Crippen molar-refractivity contribution in [2.45, 2.75) is 13.8 Å². The molecule has 0 aliphatic rings. The van der Waals surface area contributed by atoms with Crippen LogP contribution in [0.2, 0.25) is 0 Å². The predicted molar refractivity (Wildman–Crippen MR) is 39.9 cm³/mol. The van der Waals surface area contributed by atoms with Crippen molar-refractivity contribution in [2.24, 2.45) is 11.8 Å². The highest BCUT2D eigenvalue weighted by molar-refractivity contribution is 4.54. The predicted octanol–water partition coefficient (Wildman–Crippen LogP) is 1.94. The van der Waals surface area contributed by atoms with Crippen molar-refractivity contribution in [2.75, 3.05) is 13.2 Å². The molecule has 0 heterocycles. The van der Waals surface area contributed by atoms with Gasteiger partial charge in [0.2, 0.25) is 0 Å². The summed E-state index contributed by atoms with van der Waals surface area (Å²) < 4.78 is 5.23. The second kappa shape index (κ2) is 4.80. The van der Waals surface area contributed by atoms with Gasteiger partial charge < -0.3 is 4.74 Å². The summed E-state index contributed by atoms with van der Waals surface area (Å²) in [6, 6.07) is 0. The summed E-state index contributed by atoms with van der Waals surface area (Å²) in [5.41, 5.74) is 0. The smallest absolute Gasteiger partial charge is 0.0491 e. The van der Waals surface area contributed by atoms with Crippen LogP contribution in [0.4, 0.5) is 0 Å². The van der Waals surface area contributed by atoms with Gasteiger partial charge in [-0.3, -0.25) is 0 Å². The molecule has 2 unspecified atom stereocenters. The van der Waals surface area contributed by atoms with E-state index in [1.807, 2.05) is 13.8 Å². The van der Waals surface area contributed by atoms with E-state index < -0.39 is 0 Å². The molecule has 0 saturated heterocycles. The van der Waals surface area contributed by atoms with Gasteiger partial charge in [0.15, 0.2) is 0 Å². The third-order valence-corrected chi connectivity index (χ3v) is 0.805. The second-order valence-corrected chi connectivity index (χ2v) is 2.75. The molecule has 0 amide bonds. The van der Waals surface area contributed by atoms with Crippen LogP contribution in [0.5, 0.6) is 0 Å². The number of ether oxygens (including phenoxy) is 1. The Labute approximate surface area is 58.4 Å². The van der Waals surface area contributed by atoms with Gasteiger partial charge in [-0.15, -0.1) is 0 Å². The molecule has 2 radical (unpaired) electrons. The molecule has 0 spiro atoms. The Morgan fingerprint density at radius 2 is 1.44 bits per heavy atom. The Morgan fingerprint density at radius 1 is 1.11 bits per heavy atom. The monoisotopic (exact) mass is 128 g/mol. The van der Waals surface area contributed by atoms with E-state index in [1.54, 1.807) is 0 Å². The number of hydrogen-bond acceptors (Lipinski definition) is 1. The average Bonchev–Trinajstić information content (AvgIpc) is 1.63. The van der Waals surface area contributed by atoms with Gasteiger partial charge in [-0.1, -0.05) is 13.8 Å². The molecule has 0 rings (SSSR count). The zero-order valence-electron chi connectivity index (χ0n) is 6.39. The Kier molecular flexibility index (Phi) is 4.78. The van der Waals surface area contributed by atoms with Crippen LogP contribution in [0.25, 0.3) is 0 Å². The van der Waals surface area contributed by atoms with Gasteiger partial charge in [-0.2, -0.15) is 0 Å². The van der Waals surface area contributed by atoms with Crippen molar-refractivity contribution in [3.8, 4) is 0 Å². The summed E-state index contributed by atoms with van der Waals surface area (Å²) in [4.78, 5) is 0. The van der Waals surface area contributed by atoms with E-state index in [0.717, 1.165) is 13.2 Å². The standard InChI is InChI=1S/C8H16O/c1-7(2)5-9-6-8(3)4/h7-8H,1,3,5-6H2,2,4H3. The fourth-order valence-electron chi connectivity index (χ4n) is 0.470. The van der Waals surface area contributed by atoms with Crippen molar-refractivity contribution in [3.63, 3.8) is 0 Å². The van der Waals surface area contributed by atoms with E-state index in [2.05, 4.69) is 13.8 Å². The molecule has 9 heavy (non-hydrogen) atoms. The minimum Gasteiger partial charge on any atom is -0.381 e. The van der Waals surface area contributed by atoms with Crippen LogP contribution in [0.3, 0.4) is 0 Å². The molecule has 0 bridgehead atoms. The first-order valence-corrected chi connectivity index (χ1v) is 3.37. The molecule has 0 fully saturated rings. The molecule has 0 aromatic rings. The molecule has 0 aromatic carbocycles. The zero-order chi connectivity index (χ0) is 7.28. The topological polar surface area (TPSA) is 9.23 Å². The Bertz CT molecular complexity index is 49.6. The van der Waals surface area contributed by atoms with Gasteiger partial charge in [0, 0.05) is 13.2 Å². The van der Waals surface area contributed by atoms with Crippen LogP contribution in [-0.2, 0) is 4.74 Å². The molecular formula is C8H16O. The van der Waals surface area contributed by atoms with Gasteiger partial charge in [0.05, 0.1) is 0 Å². The molecule has 0 aliphatic carbocycles. The first-order valence-electron chi connectivity index (χ1n) is 3.37. The highest BCUT2D eigenvalue weighted by Crippen LogP contribution is 1.96. The van der Waals surface area contributed by atoms with Crippen LogP contribution in [-0.4, -0.2) is 13.2 Å². The molecule has 1 nitrogen and oxygen atoms in total. The molecule has 0 aromatic heterocycles. The average molecular weight is 128 g/mol. The largest absolute Gasteiger partial charge is 0.381 e. The van der Waals surface area contributed by atoms with E-state index in [9.17, 15) is 0 Å². The van der Waals surface area contributed by atoms with Crippen LogP contribution in [0.1, 0.15) is 13.8 Å². The van der Waals surface area contributed by atoms with Crippen LogP contribution in [0.15, 0.2) is 0 Å². The SMILES string of the molecule is [CH2]C(C)COCC([CH2])C. The molecule has 0 N–H and O–H groups in total. The van der Waals surface area contributed by atoms with E-state index in [0.29, 0.717) is 11.8 Å². The molecule has 1 heteroatoms. The molecular weight excluding hydrogens is 112 g/mol. The lowest BCUT2D eigenvalue weighted by Gasteiger charge is -2.07. The quantitative estimate of drug-likeness (QED) is 0.562. The third-order valence-electron chi connectivity index (χ3n) is 0.805. The Balaban J connectivity index is 2.91. The summed E-state index contributed by atoms with van der Waals surface area (Å²) in [6.07, 6.45) is 0. The summed E-state index contributed by atoms with van der Waals surface area (Å²) in [5, 5.41) is 0. The van der Waals surface area contributed by atoms with E-state index in [-0.39, 0.29) is 0 Å². The van der Waals surface area contributed by atoms with E-state index in [4.69, 9.17) is 4.74 Å². The van der Waals surface area contributed by atoms with E-state index in [1.165, 1.54) is 0 Å². The van der Waals surface area contributed by atoms with Crippen molar-refractivity contribution >= 4 is 0 Å². The maximum atomic E-state index is 5.23. The lowest BCUT2D eigenvalue weighted by Crippen LogP contribution is -2.07. The van der Waals surface area contributed by atoms with Gasteiger partial charge >= 0.3 is 0 Å². The van der Waals surface area contributed by atoms with Crippen LogP contribution in [0, 0.1) is 25.7 Å². The highest BCUT2D eigenvalue weighted by atomic mass is 16.5. The Morgan fingerprint density at radius 3 is 1.67 bits per heavy atom. The minimum atomic E-state index is 0.392. The highest BCUT2D eigenvalue weighted by Gasteiger charge is 1.95. The van der Waals surface area contributed by atoms with Gasteiger partial charge in [-0.05, 0) is 25.7 Å². The molecule has 0 saturated carbocycles. The Hall–Kier alpha value is -0.0400. The first kappa shape index (κ1) is 8.96. The number of hydrogen-bond donors (Lipinski definition) is 0. The summed E-state index contributed by atoms with van der Waals surface area (Å²) in [5.74, 6) is 0.785. The van der Waals surface area contributed by atoms with E-state index >= 15 is 0 Å². The fourth-order valence-corrected chi connectivity index (χ4v) is 0.470. The summed E-state index contributed by atoms with van der Waals surface area (Å²) in [7, 11) is 0. The lowest BCUT2D eigenvalue weighted by molar-refractivity contribution is 0.0998. The summed E-state index contributed by atoms with van der Waals surface area (Å²) >= 11 is 0. The minimum absolute atomic E-state index is 0.392. The van der Waals surface area contributed by atoms with Gasteiger partial charge in [-0.25, -0.2) is 0 Å². The van der Waals surface area contributed by atoms with Crippen molar-refractivity contribution < 1.29 is 4.74 Å². The summed E-state index contributed by atoms with van der Waals surface area (Å²) in [6.45, 7) is 13.2. The molecule has 0 aliphatic heterocycles. The normalized spacial score (nSPS) is 11.3. The number of rotatable bonds is 4. The van der Waals surface area contributed by atoms with Crippen molar-refractivity contribution in [1.29, 1.82) is 0 Å². The molecule has 2 atom stereocenters. The maximum Gasteiger partial charge on any atom is 0.0491 e. The first-order chi connectivity index (χ1) is 4.13. The second-order valence-electron chi connectivity index (χ2n) is 2.75. The fraction of sp³-hybridized carbons (Fsp3) is 0.750. The van der Waals surface area contributed by atoms with Gasteiger partial charge in [0.1, 0.15) is 0 Å². The lowest BCUT2D eigenvalue weighted by atomic mass is 10.2. The van der Waals surface area contributed by atoms with Crippen LogP contribution < -0.4 is 0 Å². The molecule has 54 valence electrons. The van der Waals surface area contributed by atoms with Crippen LogP contribution >= 0.6 is 0 Å². The van der Waals surface area contributed by atoms with Crippen molar-refractivity contribution in [3.05, 3.63) is 13.8 Å². The van der Waals surface area contributed by atoms with Crippen molar-refractivity contribution in [1.82, 2.24) is 0 Å². The maximum absolute atomic E-state index is 5.23.